The quantitative estimate of drug-likeness (QED) is 0.833. The molecule has 1 heterocycles. The predicted octanol–water partition coefficient (Wildman–Crippen LogP) is 3.29. The van der Waals surface area contributed by atoms with E-state index in [0.717, 1.165) is 31.4 Å². The lowest BCUT2D eigenvalue weighted by Gasteiger charge is -2.20. The van der Waals surface area contributed by atoms with Gasteiger partial charge in [0.1, 0.15) is 17.4 Å². The fourth-order valence-electron chi connectivity index (χ4n) is 2.52. The van der Waals surface area contributed by atoms with Crippen molar-refractivity contribution in [2.45, 2.75) is 43.1 Å². The standard InChI is InChI=1S/C15H16F2N2O3S/c1-9(14-11(16)6-3-7-12(14)17)23(20,21)8-13-18-19-15(22-13)10-4-2-5-10/h3,6-7,9-10H,2,4-5,8H2,1H3/t9-/m1/s1. The van der Waals surface area contributed by atoms with Gasteiger partial charge in [-0.1, -0.05) is 12.5 Å². The third-order valence-corrected chi connectivity index (χ3v) is 6.17. The van der Waals surface area contributed by atoms with Crippen LogP contribution < -0.4 is 0 Å². The van der Waals surface area contributed by atoms with Gasteiger partial charge in [0.15, 0.2) is 9.84 Å². The van der Waals surface area contributed by atoms with E-state index in [9.17, 15) is 17.2 Å². The molecule has 8 heteroatoms. The van der Waals surface area contributed by atoms with Crippen molar-refractivity contribution in [3.05, 3.63) is 47.2 Å². The summed E-state index contributed by atoms with van der Waals surface area (Å²) in [6.45, 7) is 1.25. The largest absolute Gasteiger partial charge is 0.424 e. The number of rotatable bonds is 5. The van der Waals surface area contributed by atoms with Crippen LogP contribution in [0.25, 0.3) is 0 Å². The highest BCUT2D eigenvalue weighted by Crippen LogP contribution is 2.36. The lowest BCUT2D eigenvalue weighted by molar-refractivity contribution is 0.327. The summed E-state index contributed by atoms with van der Waals surface area (Å²) in [7, 11) is -3.89. The first-order chi connectivity index (χ1) is 10.9. The monoisotopic (exact) mass is 342 g/mol. The van der Waals surface area contributed by atoms with Gasteiger partial charge < -0.3 is 4.42 Å². The number of hydrogen-bond acceptors (Lipinski definition) is 5. The molecule has 1 atom stereocenters. The fourth-order valence-corrected chi connectivity index (χ4v) is 3.82. The Morgan fingerprint density at radius 1 is 1.26 bits per heavy atom. The summed E-state index contributed by atoms with van der Waals surface area (Å²) in [5, 5.41) is 6.26. The van der Waals surface area contributed by atoms with Crippen LogP contribution in [0.15, 0.2) is 22.6 Å². The van der Waals surface area contributed by atoms with Crippen LogP contribution in [0.3, 0.4) is 0 Å². The SMILES string of the molecule is C[C@H](c1c(F)cccc1F)S(=O)(=O)Cc1nnc(C2CCC2)o1. The number of benzene rings is 1. The van der Waals surface area contributed by atoms with E-state index in [2.05, 4.69) is 10.2 Å². The Morgan fingerprint density at radius 2 is 1.91 bits per heavy atom. The van der Waals surface area contributed by atoms with Crippen molar-refractivity contribution in [2.24, 2.45) is 0 Å². The van der Waals surface area contributed by atoms with Gasteiger partial charge in [-0.05, 0) is 31.9 Å². The van der Waals surface area contributed by atoms with Crippen LogP contribution in [0, 0.1) is 11.6 Å². The summed E-state index contributed by atoms with van der Waals surface area (Å²) in [5.74, 6) is -1.73. The van der Waals surface area contributed by atoms with Crippen LogP contribution in [0.5, 0.6) is 0 Å². The zero-order valence-corrected chi connectivity index (χ0v) is 13.3. The number of sulfone groups is 1. The molecule has 1 aromatic carbocycles. The van der Waals surface area contributed by atoms with Crippen LogP contribution in [0.4, 0.5) is 8.78 Å². The van der Waals surface area contributed by atoms with E-state index in [1.807, 2.05) is 0 Å². The summed E-state index contributed by atoms with van der Waals surface area (Å²) in [6, 6.07) is 3.26. The molecule has 0 unspecified atom stereocenters. The van der Waals surface area contributed by atoms with Gasteiger partial charge in [0.05, 0.1) is 5.25 Å². The molecule has 1 aliphatic rings. The Bertz CT molecular complexity index is 796. The third-order valence-electron chi connectivity index (χ3n) is 4.21. The van der Waals surface area contributed by atoms with Gasteiger partial charge in [0.25, 0.3) is 0 Å². The lowest BCUT2D eigenvalue weighted by atomic mass is 9.85. The second kappa shape index (κ2) is 5.99. The fraction of sp³-hybridized carbons (Fsp3) is 0.467. The Morgan fingerprint density at radius 3 is 2.48 bits per heavy atom. The molecule has 0 saturated heterocycles. The molecule has 124 valence electrons. The highest BCUT2D eigenvalue weighted by atomic mass is 32.2. The molecule has 1 aliphatic carbocycles. The van der Waals surface area contributed by atoms with Gasteiger partial charge in [0.2, 0.25) is 11.8 Å². The van der Waals surface area contributed by atoms with Gasteiger partial charge in [-0.3, -0.25) is 0 Å². The highest BCUT2D eigenvalue weighted by Gasteiger charge is 2.31. The van der Waals surface area contributed by atoms with Crippen molar-refractivity contribution in [2.75, 3.05) is 0 Å². The average Bonchev–Trinajstić information content (AvgIpc) is 2.83. The molecule has 0 N–H and O–H groups in total. The van der Waals surface area contributed by atoms with Crippen LogP contribution in [-0.2, 0) is 15.6 Å². The minimum atomic E-state index is -3.89. The van der Waals surface area contributed by atoms with Crippen LogP contribution >= 0.6 is 0 Å². The van der Waals surface area contributed by atoms with Gasteiger partial charge in [-0.25, -0.2) is 17.2 Å². The van der Waals surface area contributed by atoms with Gasteiger partial charge in [-0.2, -0.15) is 0 Å². The Kier molecular flexibility index (Phi) is 4.18. The van der Waals surface area contributed by atoms with E-state index < -0.39 is 38.0 Å². The summed E-state index contributed by atoms with van der Waals surface area (Å²) in [4.78, 5) is 0. The zero-order valence-electron chi connectivity index (χ0n) is 12.5. The van der Waals surface area contributed by atoms with E-state index in [0.29, 0.717) is 5.89 Å². The molecule has 0 aliphatic heterocycles. The summed E-state index contributed by atoms with van der Waals surface area (Å²) in [5.41, 5.74) is -0.466. The van der Waals surface area contributed by atoms with Crippen molar-refractivity contribution < 1.29 is 21.6 Å². The van der Waals surface area contributed by atoms with Crippen LogP contribution in [-0.4, -0.2) is 18.6 Å². The second-order valence-corrected chi connectivity index (χ2v) is 8.07. The zero-order chi connectivity index (χ0) is 16.6. The van der Waals surface area contributed by atoms with Crippen molar-refractivity contribution in [3.63, 3.8) is 0 Å². The minimum absolute atomic E-state index is 0.0458. The van der Waals surface area contributed by atoms with E-state index in [1.165, 1.54) is 13.0 Å². The third kappa shape index (κ3) is 3.12. The van der Waals surface area contributed by atoms with E-state index in [-0.39, 0.29) is 11.8 Å². The molecule has 1 saturated carbocycles. The van der Waals surface area contributed by atoms with E-state index >= 15 is 0 Å². The topological polar surface area (TPSA) is 73.1 Å². The molecular weight excluding hydrogens is 326 g/mol. The first-order valence-electron chi connectivity index (χ1n) is 7.36. The molecule has 1 aromatic heterocycles. The highest BCUT2D eigenvalue weighted by molar-refractivity contribution is 7.90. The average molecular weight is 342 g/mol. The first kappa shape index (κ1) is 16.0. The molecule has 0 bridgehead atoms. The summed E-state index contributed by atoms with van der Waals surface area (Å²) >= 11 is 0. The second-order valence-electron chi connectivity index (χ2n) is 5.75. The maximum Gasteiger partial charge on any atom is 0.231 e. The number of halogens is 2. The van der Waals surface area contributed by atoms with Crippen LogP contribution in [0.1, 0.15) is 54.7 Å². The van der Waals surface area contributed by atoms with Gasteiger partial charge >= 0.3 is 0 Å². The van der Waals surface area contributed by atoms with Crippen molar-refractivity contribution >= 4 is 9.84 Å². The molecule has 0 amide bonds. The number of hydrogen-bond donors (Lipinski definition) is 0. The summed E-state index contributed by atoms with van der Waals surface area (Å²) < 4.78 is 57.7. The lowest BCUT2D eigenvalue weighted by Crippen LogP contribution is -2.16. The Labute approximate surface area is 132 Å². The van der Waals surface area contributed by atoms with Crippen molar-refractivity contribution in [1.29, 1.82) is 0 Å². The van der Waals surface area contributed by atoms with Crippen LogP contribution in [0.2, 0.25) is 0 Å². The Balaban J connectivity index is 1.82. The smallest absolute Gasteiger partial charge is 0.231 e. The number of aromatic nitrogens is 2. The molecule has 1 fully saturated rings. The molecule has 2 aromatic rings. The molecule has 0 spiro atoms. The summed E-state index contributed by atoms with van der Waals surface area (Å²) in [6.07, 6.45) is 2.99. The van der Waals surface area contributed by atoms with Gasteiger partial charge in [-0.15, -0.1) is 10.2 Å². The Hall–Kier alpha value is -1.83. The molecular formula is C15H16F2N2O3S. The molecule has 23 heavy (non-hydrogen) atoms. The van der Waals surface area contributed by atoms with Crippen molar-refractivity contribution in [3.8, 4) is 0 Å². The molecule has 0 radical (unpaired) electrons. The first-order valence-corrected chi connectivity index (χ1v) is 9.08. The molecule has 5 nitrogen and oxygen atoms in total. The predicted molar refractivity (Wildman–Crippen MR) is 78.3 cm³/mol. The minimum Gasteiger partial charge on any atom is -0.424 e. The number of nitrogens with zero attached hydrogens (tertiary/aromatic N) is 2. The van der Waals surface area contributed by atoms with Gasteiger partial charge in [0, 0.05) is 11.5 Å². The maximum absolute atomic E-state index is 13.8. The van der Waals surface area contributed by atoms with E-state index in [4.69, 9.17) is 4.42 Å². The van der Waals surface area contributed by atoms with Crippen molar-refractivity contribution in [1.82, 2.24) is 10.2 Å². The van der Waals surface area contributed by atoms with E-state index in [1.54, 1.807) is 0 Å². The molecule has 3 rings (SSSR count). The normalized spacial score (nSPS) is 17.0. The maximum atomic E-state index is 13.8.